The van der Waals surface area contributed by atoms with Gasteiger partial charge in [0.05, 0.1) is 32.2 Å². The number of morpholine rings is 1. The van der Waals surface area contributed by atoms with Gasteiger partial charge in [-0.3, -0.25) is 4.79 Å². The normalized spacial score (nSPS) is 17.4. The van der Waals surface area contributed by atoms with Gasteiger partial charge in [0.25, 0.3) is 5.91 Å². The number of amides is 1. The maximum absolute atomic E-state index is 13.9. The Morgan fingerprint density at radius 2 is 1.83 bits per heavy atom. The van der Waals surface area contributed by atoms with Crippen molar-refractivity contribution in [3.63, 3.8) is 0 Å². The Balaban J connectivity index is 1.39. The Morgan fingerprint density at radius 1 is 1.07 bits per heavy atom. The van der Waals surface area contributed by atoms with Crippen LogP contribution in [0.15, 0.2) is 30.5 Å². The molecular weight excluding hydrogens is 377 g/mol. The quantitative estimate of drug-likeness (QED) is 0.767. The third kappa shape index (κ3) is 4.24. The number of hydrogen-bond acceptors (Lipinski definition) is 7. The van der Waals surface area contributed by atoms with E-state index in [1.165, 1.54) is 19.2 Å². The molecule has 29 heavy (non-hydrogen) atoms. The Kier molecular flexibility index (Phi) is 5.75. The van der Waals surface area contributed by atoms with E-state index in [9.17, 15) is 9.18 Å². The van der Waals surface area contributed by atoms with Crippen molar-refractivity contribution in [2.24, 2.45) is 0 Å². The average molecular weight is 401 g/mol. The second kappa shape index (κ2) is 8.60. The molecule has 0 aliphatic carbocycles. The highest BCUT2D eigenvalue weighted by molar-refractivity contribution is 5.94. The second-order valence-electron chi connectivity index (χ2n) is 7.00. The zero-order valence-corrected chi connectivity index (χ0v) is 16.4. The largest absolute Gasteiger partial charge is 0.494 e. The van der Waals surface area contributed by atoms with E-state index in [1.54, 1.807) is 17.2 Å². The summed E-state index contributed by atoms with van der Waals surface area (Å²) in [5.41, 5.74) is 1.36. The van der Waals surface area contributed by atoms with Gasteiger partial charge in [0.2, 0.25) is 0 Å². The van der Waals surface area contributed by atoms with E-state index >= 15 is 0 Å². The molecule has 2 saturated heterocycles. The van der Waals surface area contributed by atoms with Gasteiger partial charge in [-0.2, -0.15) is 5.10 Å². The lowest BCUT2D eigenvalue weighted by atomic mass is 10.1. The minimum Gasteiger partial charge on any atom is -0.494 e. The molecule has 1 amide bonds. The van der Waals surface area contributed by atoms with Crippen molar-refractivity contribution in [1.82, 2.24) is 15.1 Å². The molecule has 2 aliphatic heterocycles. The molecule has 9 heteroatoms. The summed E-state index contributed by atoms with van der Waals surface area (Å²) < 4.78 is 24.2. The summed E-state index contributed by atoms with van der Waals surface area (Å²) >= 11 is 0. The van der Waals surface area contributed by atoms with E-state index < -0.39 is 5.82 Å². The van der Waals surface area contributed by atoms with Crippen LogP contribution in [0.4, 0.5) is 15.9 Å². The number of hydrogen-bond donors (Lipinski definition) is 0. The van der Waals surface area contributed by atoms with Gasteiger partial charge < -0.3 is 24.2 Å². The molecule has 8 nitrogen and oxygen atoms in total. The first-order chi connectivity index (χ1) is 14.2. The van der Waals surface area contributed by atoms with Gasteiger partial charge in [-0.05, 0) is 18.2 Å². The molecular formula is C20H24FN5O3. The molecule has 154 valence electrons. The average Bonchev–Trinajstić information content (AvgIpc) is 2.79. The number of ether oxygens (including phenoxy) is 2. The van der Waals surface area contributed by atoms with Crippen LogP contribution in [0.3, 0.4) is 0 Å². The lowest BCUT2D eigenvalue weighted by Gasteiger charge is -2.36. The predicted octanol–water partition coefficient (Wildman–Crippen LogP) is 1.42. The van der Waals surface area contributed by atoms with Crippen LogP contribution >= 0.6 is 0 Å². The van der Waals surface area contributed by atoms with Crippen molar-refractivity contribution >= 4 is 17.4 Å². The van der Waals surface area contributed by atoms with Gasteiger partial charge in [0.1, 0.15) is 0 Å². The molecule has 0 saturated carbocycles. The van der Waals surface area contributed by atoms with Gasteiger partial charge in [-0.1, -0.05) is 0 Å². The molecule has 0 atom stereocenters. The number of carbonyl (C=O) groups is 1. The van der Waals surface area contributed by atoms with Crippen LogP contribution in [0.5, 0.6) is 5.75 Å². The predicted molar refractivity (Wildman–Crippen MR) is 106 cm³/mol. The van der Waals surface area contributed by atoms with Crippen molar-refractivity contribution in [2.75, 3.05) is 69.4 Å². The summed E-state index contributed by atoms with van der Waals surface area (Å²) in [6.45, 7) is 5.47. The Bertz CT molecular complexity index is 867. The van der Waals surface area contributed by atoms with Crippen LogP contribution in [-0.2, 0) is 4.74 Å². The van der Waals surface area contributed by atoms with Gasteiger partial charge in [-0.15, -0.1) is 5.10 Å². The molecule has 2 aliphatic rings. The molecule has 0 N–H and O–H groups in total. The summed E-state index contributed by atoms with van der Waals surface area (Å²) in [6, 6.07) is 6.33. The highest BCUT2D eigenvalue weighted by Gasteiger charge is 2.24. The zero-order valence-electron chi connectivity index (χ0n) is 16.4. The molecule has 2 aromatic rings. The van der Waals surface area contributed by atoms with Gasteiger partial charge in [0, 0.05) is 50.9 Å². The van der Waals surface area contributed by atoms with Crippen LogP contribution < -0.4 is 14.5 Å². The van der Waals surface area contributed by atoms with Crippen molar-refractivity contribution in [2.45, 2.75) is 0 Å². The molecule has 0 unspecified atom stereocenters. The van der Waals surface area contributed by atoms with Crippen molar-refractivity contribution in [3.05, 3.63) is 41.8 Å². The van der Waals surface area contributed by atoms with E-state index in [4.69, 9.17) is 9.47 Å². The number of carbonyl (C=O) groups excluding carboxylic acids is 1. The number of piperazine rings is 1. The van der Waals surface area contributed by atoms with E-state index in [0.717, 1.165) is 24.6 Å². The molecule has 1 aromatic carbocycles. The molecule has 3 heterocycles. The monoisotopic (exact) mass is 401 g/mol. The lowest BCUT2D eigenvalue weighted by molar-refractivity contribution is 0.0746. The minimum atomic E-state index is -0.535. The maximum Gasteiger partial charge on any atom is 0.254 e. The van der Waals surface area contributed by atoms with Crippen LogP contribution in [0.2, 0.25) is 0 Å². The van der Waals surface area contributed by atoms with Crippen LogP contribution in [0.1, 0.15) is 10.4 Å². The second-order valence-corrected chi connectivity index (χ2v) is 7.00. The van der Waals surface area contributed by atoms with Crippen LogP contribution in [-0.4, -0.2) is 80.6 Å². The van der Waals surface area contributed by atoms with Crippen molar-refractivity contribution in [3.8, 4) is 5.75 Å². The smallest absolute Gasteiger partial charge is 0.254 e. The Labute approximate surface area is 168 Å². The van der Waals surface area contributed by atoms with Gasteiger partial charge >= 0.3 is 0 Å². The first kappa shape index (κ1) is 19.4. The highest BCUT2D eigenvalue weighted by Crippen LogP contribution is 2.22. The standard InChI is InChI=1S/C20H24FN5O3/c1-28-18-3-2-15(12-17(18)21)20(27)26-6-4-25(5-7-26)19-13-16(14-22-23-19)24-8-10-29-11-9-24/h2-3,12-14H,4-11H2,1H3. The number of anilines is 2. The van der Waals surface area contributed by atoms with E-state index in [1.807, 2.05) is 6.07 Å². The maximum atomic E-state index is 13.9. The lowest BCUT2D eigenvalue weighted by Crippen LogP contribution is -2.49. The van der Waals surface area contributed by atoms with Crippen LogP contribution in [0.25, 0.3) is 0 Å². The van der Waals surface area contributed by atoms with E-state index in [0.29, 0.717) is 45.0 Å². The topological polar surface area (TPSA) is 71.0 Å². The highest BCUT2D eigenvalue weighted by atomic mass is 19.1. The first-order valence-electron chi connectivity index (χ1n) is 9.69. The fourth-order valence-electron chi connectivity index (χ4n) is 3.62. The van der Waals surface area contributed by atoms with Crippen molar-refractivity contribution < 1.29 is 18.7 Å². The molecule has 0 radical (unpaired) electrons. The van der Waals surface area contributed by atoms with Crippen molar-refractivity contribution in [1.29, 1.82) is 0 Å². The number of halogens is 1. The Morgan fingerprint density at radius 3 is 2.52 bits per heavy atom. The molecule has 1 aromatic heterocycles. The summed E-state index contributed by atoms with van der Waals surface area (Å²) in [6.07, 6.45) is 1.77. The number of methoxy groups -OCH3 is 1. The minimum absolute atomic E-state index is 0.130. The number of benzene rings is 1. The third-order valence-electron chi connectivity index (χ3n) is 5.29. The molecule has 2 fully saturated rings. The number of aromatic nitrogens is 2. The fraction of sp³-hybridized carbons (Fsp3) is 0.450. The number of nitrogens with zero attached hydrogens (tertiary/aromatic N) is 5. The number of rotatable bonds is 4. The van der Waals surface area contributed by atoms with E-state index in [2.05, 4.69) is 20.0 Å². The summed E-state index contributed by atoms with van der Waals surface area (Å²) in [5.74, 6) is 0.216. The summed E-state index contributed by atoms with van der Waals surface area (Å²) in [5, 5.41) is 8.42. The van der Waals surface area contributed by atoms with Gasteiger partial charge in [0.15, 0.2) is 17.4 Å². The first-order valence-corrected chi connectivity index (χ1v) is 9.69. The third-order valence-corrected chi connectivity index (χ3v) is 5.29. The summed E-state index contributed by atoms with van der Waals surface area (Å²) in [4.78, 5) is 18.8. The summed E-state index contributed by atoms with van der Waals surface area (Å²) in [7, 11) is 1.40. The Hall–Kier alpha value is -2.94. The molecule has 4 rings (SSSR count). The SMILES string of the molecule is COc1ccc(C(=O)N2CCN(c3cc(N4CCOCC4)cnn3)CC2)cc1F. The van der Waals surface area contributed by atoms with Crippen LogP contribution in [0, 0.1) is 5.82 Å². The zero-order chi connectivity index (χ0) is 20.2. The van der Waals surface area contributed by atoms with E-state index in [-0.39, 0.29) is 11.7 Å². The van der Waals surface area contributed by atoms with Gasteiger partial charge in [-0.25, -0.2) is 4.39 Å². The fourth-order valence-corrected chi connectivity index (χ4v) is 3.62. The molecule has 0 spiro atoms. The molecule has 0 bridgehead atoms.